The van der Waals surface area contributed by atoms with Gasteiger partial charge in [-0.3, -0.25) is 4.57 Å². The van der Waals surface area contributed by atoms with E-state index in [0.29, 0.717) is 23.1 Å². The third kappa shape index (κ3) is 3.52. The van der Waals surface area contributed by atoms with E-state index in [1.807, 2.05) is 47.2 Å². The van der Waals surface area contributed by atoms with Gasteiger partial charge in [0, 0.05) is 11.3 Å². The van der Waals surface area contributed by atoms with Crippen molar-refractivity contribution in [1.82, 2.24) is 14.8 Å². The second-order valence-corrected chi connectivity index (χ2v) is 6.23. The smallest absolute Gasteiger partial charge is 0.203 e. The van der Waals surface area contributed by atoms with Crippen molar-refractivity contribution in [3.8, 4) is 40.1 Å². The SMILES string of the molecule is COc1ccc(-n2c(SC)nnc2-c2cc(OC)c(OC)c(OC)c2)cc1. The summed E-state index contributed by atoms with van der Waals surface area (Å²) in [4.78, 5) is 0. The van der Waals surface area contributed by atoms with E-state index in [-0.39, 0.29) is 0 Å². The molecule has 1 aromatic heterocycles. The molecule has 1 heterocycles. The van der Waals surface area contributed by atoms with Crippen LogP contribution in [0.3, 0.4) is 0 Å². The van der Waals surface area contributed by atoms with Crippen LogP contribution in [0.15, 0.2) is 41.6 Å². The van der Waals surface area contributed by atoms with Gasteiger partial charge in [0.25, 0.3) is 0 Å². The molecule has 0 saturated heterocycles. The number of thioether (sulfide) groups is 1. The second kappa shape index (κ2) is 8.22. The molecule has 0 radical (unpaired) electrons. The van der Waals surface area contributed by atoms with E-state index in [4.69, 9.17) is 18.9 Å². The van der Waals surface area contributed by atoms with Gasteiger partial charge in [0.15, 0.2) is 22.5 Å². The van der Waals surface area contributed by atoms with Gasteiger partial charge in [-0.25, -0.2) is 0 Å². The molecule has 0 aliphatic heterocycles. The first kappa shape index (κ1) is 18.9. The summed E-state index contributed by atoms with van der Waals surface area (Å²) >= 11 is 1.51. The quantitative estimate of drug-likeness (QED) is 0.573. The highest BCUT2D eigenvalue weighted by Crippen LogP contribution is 2.41. The lowest BCUT2D eigenvalue weighted by molar-refractivity contribution is 0.324. The average Bonchev–Trinajstić information content (AvgIpc) is 3.16. The first-order chi connectivity index (χ1) is 13.2. The minimum Gasteiger partial charge on any atom is -0.497 e. The molecule has 0 N–H and O–H groups in total. The molecule has 0 aliphatic rings. The molecule has 0 aliphatic carbocycles. The maximum Gasteiger partial charge on any atom is 0.203 e. The number of ether oxygens (including phenoxy) is 4. The first-order valence-electron chi connectivity index (χ1n) is 8.11. The summed E-state index contributed by atoms with van der Waals surface area (Å²) in [5, 5.41) is 9.47. The van der Waals surface area contributed by atoms with Crippen molar-refractivity contribution >= 4 is 11.8 Å². The van der Waals surface area contributed by atoms with Crippen molar-refractivity contribution in [2.45, 2.75) is 5.16 Å². The Balaban J connectivity index is 2.19. The molecule has 0 fully saturated rings. The van der Waals surface area contributed by atoms with Crippen LogP contribution >= 0.6 is 11.8 Å². The Hall–Kier alpha value is -2.87. The van der Waals surface area contributed by atoms with Crippen LogP contribution in [0.1, 0.15) is 0 Å². The average molecular weight is 387 g/mol. The van der Waals surface area contributed by atoms with Gasteiger partial charge in [0.05, 0.1) is 28.4 Å². The van der Waals surface area contributed by atoms with Crippen LogP contribution < -0.4 is 18.9 Å². The molecule has 0 amide bonds. The monoisotopic (exact) mass is 387 g/mol. The molecule has 3 rings (SSSR count). The maximum absolute atomic E-state index is 5.47. The van der Waals surface area contributed by atoms with Crippen LogP contribution in [-0.4, -0.2) is 49.5 Å². The normalized spacial score (nSPS) is 10.6. The fourth-order valence-corrected chi connectivity index (χ4v) is 3.26. The molecule has 0 atom stereocenters. The van der Waals surface area contributed by atoms with Crippen LogP contribution in [0, 0.1) is 0 Å². The molecule has 0 unspecified atom stereocenters. The number of rotatable bonds is 7. The molecule has 0 saturated carbocycles. The van der Waals surface area contributed by atoms with E-state index in [0.717, 1.165) is 22.2 Å². The van der Waals surface area contributed by atoms with Gasteiger partial charge in [-0.2, -0.15) is 0 Å². The van der Waals surface area contributed by atoms with Crippen molar-refractivity contribution in [2.24, 2.45) is 0 Å². The molecule has 3 aromatic rings. The zero-order valence-electron chi connectivity index (χ0n) is 15.8. The zero-order valence-corrected chi connectivity index (χ0v) is 16.7. The number of aromatic nitrogens is 3. The van der Waals surface area contributed by atoms with Crippen LogP contribution in [0.2, 0.25) is 0 Å². The standard InChI is InChI=1S/C19H21N3O4S/c1-23-14-8-6-13(7-9-14)22-18(20-21-19(22)27-5)12-10-15(24-2)17(26-4)16(11-12)25-3/h6-11H,1-5H3. The third-order valence-electron chi connectivity index (χ3n) is 4.07. The van der Waals surface area contributed by atoms with Crippen molar-refractivity contribution in [3.63, 3.8) is 0 Å². The van der Waals surface area contributed by atoms with Crippen molar-refractivity contribution in [2.75, 3.05) is 34.7 Å². The summed E-state index contributed by atoms with van der Waals surface area (Å²) < 4.78 is 23.6. The molecule has 8 heteroatoms. The minimum atomic E-state index is 0.532. The Bertz CT molecular complexity index is 900. The number of hydrogen-bond donors (Lipinski definition) is 0. The largest absolute Gasteiger partial charge is 0.497 e. The summed E-state index contributed by atoms with van der Waals surface area (Å²) in [6, 6.07) is 11.4. The number of hydrogen-bond acceptors (Lipinski definition) is 7. The summed E-state index contributed by atoms with van der Waals surface area (Å²) in [5.41, 5.74) is 1.72. The Morgan fingerprint density at radius 2 is 1.44 bits per heavy atom. The predicted molar refractivity (Wildman–Crippen MR) is 105 cm³/mol. The summed E-state index contributed by atoms with van der Waals surface area (Å²) in [6.45, 7) is 0. The van der Waals surface area contributed by atoms with E-state index in [9.17, 15) is 0 Å². The Morgan fingerprint density at radius 1 is 0.815 bits per heavy atom. The minimum absolute atomic E-state index is 0.532. The molecule has 2 aromatic carbocycles. The summed E-state index contributed by atoms with van der Waals surface area (Å²) in [5.74, 6) is 3.10. The van der Waals surface area contributed by atoms with E-state index in [1.165, 1.54) is 11.8 Å². The van der Waals surface area contributed by atoms with Crippen molar-refractivity contribution < 1.29 is 18.9 Å². The van der Waals surface area contributed by atoms with Gasteiger partial charge >= 0.3 is 0 Å². The van der Waals surface area contributed by atoms with Gasteiger partial charge < -0.3 is 18.9 Å². The van der Waals surface area contributed by atoms with E-state index < -0.39 is 0 Å². The Morgan fingerprint density at radius 3 is 1.93 bits per heavy atom. The molecule has 0 bridgehead atoms. The fraction of sp³-hybridized carbons (Fsp3) is 0.263. The number of benzene rings is 2. The second-order valence-electron chi connectivity index (χ2n) is 5.46. The fourth-order valence-electron chi connectivity index (χ4n) is 2.76. The maximum atomic E-state index is 5.47. The highest BCUT2D eigenvalue weighted by atomic mass is 32.2. The summed E-state index contributed by atoms with van der Waals surface area (Å²) in [7, 11) is 6.39. The van der Waals surface area contributed by atoms with Gasteiger partial charge in [0.2, 0.25) is 5.75 Å². The van der Waals surface area contributed by atoms with E-state index >= 15 is 0 Å². The molecule has 27 heavy (non-hydrogen) atoms. The number of nitrogens with zero attached hydrogens (tertiary/aromatic N) is 3. The molecular weight excluding hydrogens is 366 g/mol. The Kier molecular flexibility index (Phi) is 5.75. The van der Waals surface area contributed by atoms with Gasteiger partial charge in [0.1, 0.15) is 5.75 Å². The van der Waals surface area contributed by atoms with Gasteiger partial charge in [-0.05, 0) is 42.7 Å². The van der Waals surface area contributed by atoms with Gasteiger partial charge in [-0.1, -0.05) is 11.8 Å². The lowest BCUT2D eigenvalue weighted by atomic mass is 10.1. The van der Waals surface area contributed by atoms with Gasteiger partial charge in [-0.15, -0.1) is 10.2 Å². The van der Waals surface area contributed by atoms with Crippen LogP contribution in [0.4, 0.5) is 0 Å². The first-order valence-corrected chi connectivity index (χ1v) is 9.33. The lowest BCUT2D eigenvalue weighted by Crippen LogP contribution is -2.01. The van der Waals surface area contributed by atoms with Crippen molar-refractivity contribution in [1.29, 1.82) is 0 Å². The van der Waals surface area contributed by atoms with Crippen LogP contribution in [0.25, 0.3) is 17.1 Å². The topological polar surface area (TPSA) is 67.6 Å². The van der Waals surface area contributed by atoms with Crippen LogP contribution in [-0.2, 0) is 0 Å². The van der Waals surface area contributed by atoms with Crippen LogP contribution in [0.5, 0.6) is 23.0 Å². The molecule has 0 spiro atoms. The highest BCUT2D eigenvalue weighted by Gasteiger charge is 2.20. The molecule has 7 nitrogen and oxygen atoms in total. The predicted octanol–water partition coefficient (Wildman–Crippen LogP) is 3.69. The molecule has 142 valence electrons. The summed E-state index contributed by atoms with van der Waals surface area (Å²) in [6.07, 6.45) is 1.96. The van der Waals surface area contributed by atoms with E-state index in [1.54, 1.807) is 28.4 Å². The number of methoxy groups -OCH3 is 4. The third-order valence-corrected chi connectivity index (χ3v) is 4.70. The Labute approximate surface area is 162 Å². The lowest BCUT2D eigenvalue weighted by Gasteiger charge is -2.15. The van der Waals surface area contributed by atoms with E-state index in [2.05, 4.69) is 10.2 Å². The van der Waals surface area contributed by atoms with Crippen molar-refractivity contribution in [3.05, 3.63) is 36.4 Å². The zero-order chi connectivity index (χ0) is 19.4. The highest BCUT2D eigenvalue weighted by molar-refractivity contribution is 7.98. The molecular formula is C19H21N3O4S.